The molecule has 0 heterocycles. The Bertz CT molecular complexity index is 625. The van der Waals surface area contributed by atoms with Crippen LogP contribution in [0, 0.1) is 12.7 Å². The maximum Gasteiger partial charge on any atom is 0.160 e. The lowest BCUT2D eigenvalue weighted by Crippen LogP contribution is -2.34. The van der Waals surface area contributed by atoms with Crippen LogP contribution in [-0.4, -0.2) is 6.04 Å². The quantitative estimate of drug-likeness (QED) is 0.704. The summed E-state index contributed by atoms with van der Waals surface area (Å²) in [5, 5.41) is 3.47. The van der Waals surface area contributed by atoms with Gasteiger partial charge < -0.3 is 5.32 Å². The van der Waals surface area contributed by atoms with Crippen molar-refractivity contribution in [2.24, 2.45) is 0 Å². The van der Waals surface area contributed by atoms with Gasteiger partial charge in [0.2, 0.25) is 0 Å². The molecule has 0 saturated heterocycles. The zero-order chi connectivity index (χ0) is 15.0. The van der Waals surface area contributed by atoms with Crippen LogP contribution in [0.5, 0.6) is 0 Å². The first-order chi connectivity index (χ1) is 10.0. The summed E-state index contributed by atoms with van der Waals surface area (Å²) in [5.41, 5.74) is 3.44. The van der Waals surface area contributed by atoms with Gasteiger partial charge in [0.05, 0.1) is 10.0 Å². The van der Waals surface area contributed by atoms with Gasteiger partial charge in [-0.25, -0.2) is 4.39 Å². The zero-order valence-corrected chi connectivity index (χ0v) is 13.2. The van der Waals surface area contributed by atoms with Gasteiger partial charge in [-0.3, -0.25) is 0 Å². The summed E-state index contributed by atoms with van der Waals surface area (Å²) in [6, 6.07) is 12.2. The summed E-state index contributed by atoms with van der Waals surface area (Å²) < 4.78 is 13.4. The van der Waals surface area contributed by atoms with Crippen molar-refractivity contribution < 1.29 is 4.39 Å². The van der Waals surface area contributed by atoms with Crippen molar-refractivity contribution in [2.75, 3.05) is 5.32 Å². The molecular formula is C17H16Cl2FN. The molecule has 0 amide bonds. The highest BCUT2D eigenvalue weighted by Gasteiger charge is 2.30. The van der Waals surface area contributed by atoms with Crippen molar-refractivity contribution in [3.05, 3.63) is 63.4 Å². The van der Waals surface area contributed by atoms with Crippen LogP contribution in [0.1, 0.15) is 29.9 Å². The van der Waals surface area contributed by atoms with E-state index in [0.29, 0.717) is 12.0 Å². The smallest absolute Gasteiger partial charge is 0.160 e. The van der Waals surface area contributed by atoms with Crippen molar-refractivity contribution in [3.8, 4) is 0 Å². The second-order valence-electron chi connectivity index (χ2n) is 5.67. The Labute approximate surface area is 134 Å². The van der Waals surface area contributed by atoms with Crippen LogP contribution in [0.4, 0.5) is 10.1 Å². The van der Waals surface area contributed by atoms with Gasteiger partial charge in [-0.1, -0.05) is 53.0 Å². The molecule has 110 valence electrons. The Kier molecular flexibility index (Phi) is 4.10. The van der Waals surface area contributed by atoms with E-state index in [1.54, 1.807) is 12.1 Å². The molecule has 0 spiro atoms. The van der Waals surface area contributed by atoms with Crippen molar-refractivity contribution in [1.29, 1.82) is 0 Å². The van der Waals surface area contributed by atoms with E-state index in [1.807, 2.05) is 0 Å². The Morgan fingerprint density at radius 2 is 1.62 bits per heavy atom. The molecule has 4 heteroatoms. The minimum atomic E-state index is -0.560. The maximum atomic E-state index is 13.4. The number of aryl methyl sites for hydroxylation is 1. The monoisotopic (exact) mass is 323 g/mol. The van der Waals surface area contributed by atoms with Gasteiger partial charge in [0, 0.05) is 11.7 Å². The van der Waals surface area contributed by atoms with E-state index < -0.39 is 5.82 Å². The number of benzene rings is 2. The summed E-state index contributed by atoms with van der Waals surface area (Å²) in [6.07, 6.45) is 2.13. The highest BCUT2D eigenvalue weighted by Crippen LogP contribution is 2.39. The van der Waals surface area contributed by atoms with Crippen LogP contribution in [-0.2, 0) is 0 Å². The van der Waals surface area contributed by atoms with E-state index in [-0.39, 0.29) is 10.0 Å². The number of nitrogens with one attached hydrogen (secondary N) is 1. The summed E-state index contributed by atoms with van der Waals surface area (Å²) in [4.78, 5) is 0. The topological polar surface area (TPSA) is 12.0 Å². The molecule has 0 atom stereocenters. The molecule has 1 saturated carbocycles. The van der Waals surface area contributed by atoms with Gasteiger partial charge >= 0.3 is 0 Å². The van der Waals surface area contributed by atoms with E-state index in [2.05, 4.69) is 36.5 Å². The highest BCUT2D eigenvalue weighted by atomic mass is 35.5. The molecule has 0 unspecified atom stereocenters. The minimum Gasteiger partial charge on any atom is -0.382 e. The molecule has 1 nitrogen and oxygen atoms in total. The molecule has 2 aromatic carbocycles. The third kappa shape index (κ3) is 3.17. The van der Waals surface area contributed by atoms with Crippen molar-refractivity contribution in [2.45, 2.75) is 31.7 Å². The molecule has 21 heavy (non-hydrogen) atoms. The fourth-order valence-electron chi connectivity index (χ4n) is 2.72. The van der Waals surface area contributed by atoms with E-state index in [9.17, 15) is 4.39 Å². The highest BCUT2D eigenvalue weighted by molar-refractivity contribution is 6.35. The van der Waals surface area contributed by atoms with Crippen LogP contribution < -0.4 is 5.32 Å². The third-order valence-corrected chi connectivity index (χ3v) is 4.59. The third-order valence-electron chi connectivity index (χ3n) is 4.04. The first kappa shape index (κ1) is 14.7. The number of anilines is 1. The Hall–Kier alpha value is -1.25. The fourth-order valence-corrected chi connectivity index (χ4v) is 3.21. The van der Waals surface area contributed by atoms with Gasteiger partial charge in [-0.2, -0.15) is 0 Å². The van der Waals surface area contributed by atoms with Crippen molar-refractivity contribution in [1.82, 2.24) is 0 Å². The normalized spacial score (nSPS) is 21.0. The summed E-state index contributed by atoms with van der Waals surface area (Å²) >= 11 is 11.6. The number of hydrogen-bond acceptors (Lipinski definition) is 1. The number of halogens is 3. The molecule has 0 aliphatic heterocycles. The lowest BCUT2D eigenvalue weighted by Gasteiger charge is -2.37. The SMILES string of the molecule is Cc1ccc(C2CC(Nc3cc(Cl)c(F)c(Cl)c3)C2)cc1. The van der Waals surface area contributed by atoms with Gasteiger partial charge in [0.1, 0.15) is 0 Å². The molecule has 2 aromatic rings. The van der Waals surface area contributed by atoms with Crippen LogP contribution in [0.3, 0.4) is 0 Å². The van der Waals surface area contributed by atoms with E-state index in [0.717, 1.165) is 18.5 Å². The largest absolute Gasteiger partial charge is 0.382 e. The maximum absolute atomic E-state index is 13.4. The number of hydrogen-bond donors (Lipinski definition) is 1. The first-order valence-electron chi connectivity index (χ1n) is 7.00. The van der Waals surface area contributed by atoms with E-state index in [1.165, 1.54) is 11.1 Å². The summed E-state index contributed by atoms with van der Waals surface area (Å²) in [7, 11) is 0. The molecule has 1 aliphatic carbocycles. The lowest BCUT2D eigenvalue weighted by molar-refractivity contribution is 0.374. The zero-order valence-electron chi connectivity index (χ0n) is 11.7. The molecular weight excluding hydrogens is 308 g/mol. The first-order valence-corrected chi connectivity index (χ1v) is 7.76. The molecule has 1 fully saturated rings. The predicted molar refractivity (Wildman–Crippen MR) is 87.0 cm³/mol. The standard InChI is InChI=1S/C17H16Cl2FN/c1-10-2-4-11(5-3-10)12-6-13(7-12)21-14-8-15(18)17(20)16(19)9-14/h2-5,8-9,12-13,21H,6-7H2,1H3. The molecule has 1 aliphatic rings. The molecule has 0 aromatic heterocycles. The minimum absolute atomic E-state index is 0.0550. The van der Waals surface area contributed by atoms with E-state index >= 15 is 0 Å². The lowest BCUT2D eigenvalue weighted by atomic mass is 9.75. The van der Waals surface area contributed by atoms with Crippen molar-refractivity contribution in [3.63, 3.8) is 0 Å². The second kappa shape index (κ2) is 5.86. The predicted octanol–water partition coefficient (Wildman–Crippen LogP) is 5.80. The average molecular weight is 324 g/mol. The van der Waals surface area contributed by atoms with Crippen LogP contribution in [0.15, 0.2) is 36.4 Å². The van der Waals surface area contributed by atoms with E-state index in [4.69, 9.17) is 23.2 Å². The van der Waals surface area contributed by atoms with Crippen molar-refractivity contribution >= 4 is 28.9 Å². The van der Waals surface area contributed by atoms with Gasteiger partial charge in [-0.05, 0) is 43.4 Å². The summed E-state index contributed by atoms with van der Waals surface area (Å²) in [5.74, 6) is 0.0320. The molecule has 0 bridgehead atoms. The number of rotatable bonds is 3. The summed E-state index contributed by atoms with van der Waals surface area (Å²) in [6.45, 7) is 2.09. The Morgan fingerprint density at radius 3 is 2.19 bits per heavy atom. The van der Waals surface area contributed by atoms with Crippen LogP contribution in [0.2, 0.25) is 10.0 Å². The van der Waals surface area contributed by atoms with Gasteiger partial charge in [0.15, 0.2) is 5.82 Å². The van der Waals surface area contributed by atoms with Gasteiger partial charge in [-0.15, -0.1) is 0 Å². The molecule has 0 radical (unpaired) electrons. The molecule has 3 rings (SSSR count). The average Bonchev–Trinajstić information content (AvgIpc) is 2.41. The molecule has 1 N–H and O–H groups in total. The Balaban J connectivity index is 1.61. The Morgan fingerprint density at radius 1 is 1.05 bits per heavy atom. The van der Waals surface area contributed by atoms with Crippen LogP contribution in [0.25, 0.3) is 0 Å². The van der Waals surface area contributed by atoms with Crippen LogP contribution >= 0.6 is 23.2 Å². The fraction of sp³-hybridized carbons (Fsp3) is 0.294. The second-order valence-corrected chi connectivity index (χ2v) is 6.49. The van der Waals surface area contributed by atoms with Gasteiger partial charge in [0.25, 0.3) is 0 Å².